The summed E-state index contributed by atoms with van der Waals surface area (Å²) in [6.45, 7) is 7.54. The predicted molar refractivity (Wildman–Crippen MR) is 172 cm³/mol. The Morgan fingerprint density at radius 3 is 1.74 bits per heavy atom. The van der Waals surface area contributed by atoms with E-state index in [1.807, 2.05) is 42.5 Å². The lowest BCUT2D eigenvalue weighted by atomic mass is 9.97. The molecule has 0 amide bonds. The van der Waals surface area contributed by atoms with Gasteiger partial charge < -0.3 is 9.13 Å². The maximum Gasteiger partial charge on any atom is 0.188 e. The Labute approximate surface area is 242 Å². The van der Waals surface area contributed by atoms with Crippen LogP contribution in [0.25, 0.3) is 71.0 Å². The molecular weight excluding hydrogens is 512 g/mol. The van der Waals surface area contributed by atoms with Gasteiger partial charge in [0.15, 0.2) is 5.69 Å². The molecule has 42 heavy (non-hydrogen) atoms. The van der Waals surface area contributed by atoms with Gasteiger partial charge in [0, 0.05) is 27.4 Å². The molecule has 0 aliphatic heterocycles. The molecule has 0 spiro atoms. The van der Waals surface area contributed by atoms with Crippen molar-refractivity contribution in [2.24, 2.45) is 0 Å². The average molecular weight is 535 g/mol. The fraction of sp³-hybridized carbons (Fsp3) is 0. The minimum absolute atomic E-state index is 0.608. The van der Waals surface area contributed by atoms with E-state index in [-0.39, 0.29) is 0 Å². The van der Waals surface area contributed by atoms with Crippen LogP contribution in [0.3, 0.4) is 0 Å². The molecule has 0 saturated heterocycles. The molecular formula is C38H22N4. The molecule has 0 bridgehead atoms. The first-order valence-corrected chi connectivity index (χ1v) is 13.8. The highest BCUT2D eigenvalue weighted by molar-refractivity contribution is 6.11. The van der Waals surface area contributed by atoms with E-state index >= 15 is 0 Å². The Morgan fingerprint density at radius 1 is 0.548 bits per heavy atom. The second-order valence-electron chi connectivity index (χ2n) is 10.4. The van der Waals surface area contributed by atoms with Crippen molar-refractivity contribution in [2.45, 2.75) is 0 Å². The first-order valence-electron chi connectivity index (χ1n) is 13.8. The summed E-state index contributed by atoms with van der Waals surface area (Å²) in [7, 11) is 0. The van der Waals surface area contributed by atoms with Gasteiger partial charge in [0.25, 0.3) is 0 Å². The van der Waals surface area contributed by atoms with Crippen LogP contribution in [0, 0.1) is 17.9 Å². The van der Waals surface area contributed by atoms with Gasteiger partial charge in [0.2, 0.25) is 0 Å². The summed E-state index contributed by atoms with van der Waals surface area (Å²) in [5.41, 5.74) is 9.42. The van der Waals surface area contributed by atoms with Crippen molar-refractivity contribution in [1.29, 1.82) is 5.26 Å². The van der Waals surface area contributed by atoms with E-state index in [9.17, 15) is 5.26 Å². The molecule has 0 atom stereocenters. The summed E-state index contributed by atoms with van der Waals surface area (Å²) in [4.78, 5) is 3.66. The number of hydrogen-bond acceptors (Lipinski definition) is 1. The lowest BCUT2D eigenvalue weighted by Crippen LogP contribution is -2.00. The Kier molecular flexibility index (Phi) is 5.22. The third kappa shape index (κ3) is 3.40. The zero-order valence-corrected chi connectivity index (χ0v) is 22.5. The van der Waals surface area contributed by atoms with Crippen molar-refractivity contribution in [3.8, 4) is 28.6 Å². The van der Waals surface area contributed by atoms with E-state index in [1.54, 1.807) is 0 Å². The molecule has 0 unspecified atom stereocenters. The Hall–Kier alpha value is -6.10. The molecule has 6 aromatic carbocycles. The third-order valence-corrected chi connectivity index (χ3v) is 8.18. The predicted octanol–water partition coefficient (Wildman–Crippen LogP) is 9.97. The van der Waals surface area contributed by atoms with Crippen molar-refractivity contribution in [3.63, 3.8) is 0 Å². The van der Waals surface area contributed by atoms with Crippen molar-refractivity contribution in [1.82, 2.24) is 9.13 Å². The van der Waals surface area contributed by atoms with Crippen molar-refractivity contribution in [2.75, 3.05) is 0 Å². The molecule has 0 radical (unpaired) electrons. The first kappa shape index (κ1) is 23.8. The third-order valence-electron chi connectivity index (χ3n) is 8.18. The van der Waals surface area contributed by atoms with Gasteiger partial charge in [0.05, 0.1) is 46.0 Å². The number of aromatic nitrogens is 2. The van der Waals surface area contributed by atoms with Gasteiger partial charge in [-0.05, 0) is 65.5 Å². The van der Waals surface area contributed by atoms with Gasteiger partial charge in [-0.2, -0.15) is 5.26 Å². The number of benzene rings is 6. The SMILES string of the molecule is [C-]#[N+]c1ccc2c(c1)c1ccccc1n2-c1cccc(C#N)c1-c1ccc(-n2c3ccccc3c3ccccc32)cc1. The molecule has 0 aliphatic carbocycles. The van der Waals surface area contributed by atoms with Crippen LogP contribution in [0.4, 0.5) is 5.69 Å². The van der Waals surface area contributed by atoms with Crippen LogP contribution in [0.15, 0.2) is 133 Å². The van der Waals surface area contributed by atoms with Crippen LogP contribution in [0.5, 0.6) is 0 Å². The van der Waals surface area contributed by atoms with Gasteiger partial charge in [-0.15, -0.1) is 0 Å². The molecule has 2 heterocycles. The van der Waals surface area contributed by atoms with Crippen molar-refractivity contribution in [3.05, 3.63) is 150 Å². The van der Waals surface area contributed by atoms with E-state index in [2.05, 4.69) is 111 Å². The van der Waals surface area contributed by atoms with Crippen molar-refractivity contribution < 1.29 is 0 Å². The Balaban J connectivity index is 1.36. The second-order valence-corrected chi connectivity index (χ2v) is 10.4. The first-order chi connectivity index (χ1) is 20.8. The number of fused-ring (bicyclic) bond motifs is 6. The van der Waals surface area contributed by atoms with Crippen LogP contribution in [0.2, 0.25) is 0 Å². The fourth-order valence-electron chi connectivity index (χ4n) is 6.39. The molecule has 0 saturated carbocycles. The molecule has 0 N–H and O–H groups in total. The minimum atomic E-state index is 0.608. The molecule has 4 heteroatoms. The molecule has 194 valence electrons. The average Bonchev–Trinajstić information content (AvgIpc) is 3.57. The van der Waals surface area contributed by atoms with Gasteiger partial charge in [-0.3, -0.25) is 0 Å². The Bertz CT molecular complexity index is 2370. The standard InChI is InChI=1S/C38H22N4/c1-40-27-19-22-36-32(23-27)31-12-4-7-15-35(31)42(36)37-16-8-9-26(24-39)38(37)25-17-20-28(21-18-25)41-33-13-5-2-10-29(33)30-11-3-6-14-34(30)41/h2-23H. The lowest BCUT2D eigenvalue weighted by Gasteiger charge is -2.16. The summed E-state index contributed by atoms with van der Waals surface area (Å²) in [6.07, 6.45) is 0. The molecule has 8 aromatic rings. The zero-order chi connectivity index (χ0) is 28.2. The molecule has 4 nitrogen and oxygen atoms in total. The van der Waals surface area contributed by atoms with Gasteiger partial charge in [-0.1, -0.05) is 78.9 Å². The maximum atomic E-state index is 10.2. The number of nitrogens with zero attached hydrogens (tertiary/aromatic N) is 4. The van der Waals surface area contributed by atoms with E-state index in [0.29, 0.717) is 11.3 Å². The lowest BCUT2D eigenvalue weighted by molar-refractivity contribution is 1.17. The number of para-hydroxylation sites is 3. The summed E-state index contributed by atoms with van der Waals surface area (Å²) in [6, 6.07) is 47.9. The normalized spacial score (nSPS) is 11.3. The quantitative estimate of drug-likeness (QED) is 0.208. The smallest absolute Gasteiger partial charge is 0.188 e. The van der Waals surface area contributed by atoms with Crippen LogP contribution < -0.4 is 0 Å². The number of hydrogen-bond donors (Lipinski definition) is 0. The van der Waals surface area contributed by atoms with Gasteiger partial charge >= 0.3 is 0 Å². The highest BCUT2D eigenvalue weighted by atomic mass is 15.0. The van der Waals surface area contributed by atoms with E-state index in [0.717, 1.165) is 55.3 Å². The molecule has 0 fully saturated rings. The monoisotopic (exact) mass is 534 g/mol. The molecule has 0 aliphatic rings. The molecule has 2 aromatic heterocycles. The highest BCUT2D eigenvalue weighted by Gasteiger charge is 2.19. The van der Waals surface area contributed by atoms with Crippen LogP contribution >= 0.6 is 0 Å². The summed E-state index contributed by atoms with van der Waals surface area (Å²) in [5, 5.41) is 14.8. The van der Waals surface area contributed by atoms with E-state index in [4.69, 9.17) is 6.57 Å². The van der Waals surface area contributed by atoms with Gasteiger partial charge in [0.1, 0.15) is 0 Å². The number of nitriles is 1. The van der Waals surface area contributed by atoms with Crippen LogP contribution in [-0.2, 0) is 0 Å². The van der Waals surface area contributed by atoms with Crippen LogP contribution in [0.1, 0.15) is 5.56 Å². The van der Waals surface area contributed by atoms with E-state index in [1.165, 1.54) is 10.8 Å². The summed E-state index contributed by atoms with van der Waals surface area (Å²) >= 11 is 0. The highest BCUT2D eigenvalue weighted by Crippen LogP contribution is 2.39. The summed E-state index contributed by atoms with van der Waals surface area (Å²) < 4.78 is 4.52. The van der Waals surface area contributed by atoms with Crippen LogP contribution in [-0.4, -0.2) is 9.13 Å². The maximum absolute atomic E-state index is 10.2. The summed E-state index contributed by atoms with van der Waals surface area (Å²) in [5.74, 6) is 0. The minimum Gasteiger partial charge on any atom is -0.309 e. The van der Waals surface area contributed by atoms with Gasteiger partial charge in [-0.25, -0.2) is 4.85 Å². The number of rotatable bonds is 3. The van der Waals surface area contributed by atoms with E-state index < -0.39 is 0 Å². The van der Waals surface area contributed by atoms with Crippen molar-refractivity contribution >= 4 is 49.3 Å². The second kappa shape index (κ2) is 9.24. The Morgan fingerprint density at radius 2 is 1.12 bits per heavy atom. The fourth-order valence-corrected chi connectivity index (χ4v) is 6.39. The zero-order valence-electron chi connectivity index (χ0n) is 22.5. The topological polar surface area (TPSA) is 38.0 Å². The molecule has 8 rings (SSSR count). The largest absolute Gasteiger partial charge is 0.309 e.